The van der Waals surface area contributed by atoms with Gasteiger partial charge in [0.25, 0.3) is 5.91 Å². The van der Waals surface area contributed by atoms with E-state index in [-0.39, 0.29) is 5.91 Å². The van der Waals surface area contributed by atoms with Crippen LogP contribution < -0.4 is 10.1 Å². The van der Waals surface area contributed by atoms with Gasteiger partial charge in [-0.1, -0.05) is 19.1 Å². The Bertz CT molecular complexity index is 557. The highest BCUT2D eigenvalue weighted by Crippen LogP contribution is 2.15. The molecule has 0 unspecified atom stereocenters. The Morgan fingerprint density at radius 3 is 2.55 bits per heavy atom. The fourth-order valence-electron chi connectivity index (χ4n) is 1.80. The third-order valence-corrected chi connectivity index (χ3v) is 2.94. The van der Waals surface area contributed by atoms with Crippen LogP contribution in [0, 0.1) is 0 Å². The molecule has 1 N–H and O–H groups in total. The fourth-order valence-corrected chi connectivity index (χ4v) is 1.80. The number of ether oxygens (including phenoxy) is 1. The van der Waals surface area contributed by atoms with Crippen molar-refractivity contribution in [3.63, 3.8) is 0 Å². The van der Waals surface area contributed by atoms with Crippen LogP contribution >= 0.6 is 0 Å². The van der Waals surface area contributed by atoms with E-state index in [0.29, 0.717) is 24.7 Å². The molecule has 1 aromatic heterocycles. The molecule has 0 saturated heterocycles. The van der Waals surface area contributed by atoms with Gasteiger partial charge in [0.15, 0.2) is 5.76 Å². The Labute approximate surface area is 118 Å². The number of carbonyl (C=O) groups excluding carboxylic acids is 1. The zero-order valence-electron chi connectivity index (χ0n) is 11.8. The van der Waals surface area contributed by atoms with E-state index in [2.05, 4.69) is 12.2 Å². The molecule has 0 aliphatic heterocycles. The SMILES string of the molecule is CCNC(=O)c1ccc(COc2ccc(CC)cc2)o1. The summed E-state index contributed by atoms with van der Waals surface area (Å²) in [4.78, 5) is 11.6. The molecule has 4 heteroatoms. The lowest BCUT2D eigenvalue weighted by molar-refractivity contribution is 0.0924. The van der Waals surface area contributed by atoms with E-state index in [1.807, 2.05) is 31.2 Å². The maximum atomic E-state index is 11.6. The lowest BCUT2D eigenvalue weighted by Crippen LogP contribution is -2.21. The maximum Gasteiger partial charge on any atom is 0.286 e. The van der Waals surface area contributed by atoms with Crippen LogP contribution in [0.25, 0.3) is 0 Å². The first-order chi connectivity index (χ1) is 9.72. The van der Waals surface area contributed by atoms with Crippen LogP contribution in [-0.4, -0.2) is 12.5 Å². The van der Waals surface area contributed by atoms with Crippen molar-refractivity contribution in [3.8, 4) is 5.75 Å². The van der Waals surface area contributed by atoms with Crippen molar-refractivity contribution in [1.82, 2.24) is 5.32 Å². The molecular formula is C16H19NO3. The lowest BCUT2D eigenvalue weighted by atomic mass is 10.2. The monoisotopic (exact) mass is 273 g/mol. The number of carbonyl (C=O) groups is 1. The summed E-state index contributed by atoms with van der Waals surface area (Å²) in [6, 6.07) is 11.4. The number of nitrogens with one attached hydrogen (secondary N) is 1. The molecular weight excluding hydrogens is 254 g/mol. The third kappa shape index (κ3) is 3.63. The predicted octanol–water partition coefficient (Wildman–Crippen LogP) is 3.17. The van der Waals surface area contributed by atoms with Gasteiger partial charge in [-0.25, -0.2) is 0 Å². The summed E-state index contributed by atoms with van der Waals surface area (Å²) in [7, 11) is 0. The fraction of sp³-hybridized carbons (Fsp3) is 0.312. The summed E-state index contributed by atoms with van der Waals surface area (Å²) in [6.07, 6.45) is 1.01. The van der Waals surface area contributed by atoms with Crippen molar-refractivity contribution >= 4 is 5.91 Å². The first kappa shape index (κ1) is 14.2. The van der Waals surface area contributed by atoms with Crippen LogP contribution in [0.15, 0.2) is 40.8 Å². The Morgan fingerprint density at radius 1 is 1.15 bits per heavy atom. The zero-order chi connectivity index (χ0) is 14.4. The van der Waals surface area contributed by atoms with Gasteiger partial charge in [-0.2, -0.15) is 0 Å². The van der Waals surface area contributed by atoms with Gasteiger partial charge in [0.2, 0.25) is 0 Å². The Morgan fingerprint density at radius 2 is 1.90 bits per heavy atom. The Kier molecular flexibility index (Phi) is 4.82. The van der Waals surface area contributed by atoms with Crippen molar-refractivity contribution in [2.45, 2.75) is 26.9 Å². The van der Waals surface area contributed by atoms with E-state index >= 15 is 0 Å². The molecule has 0 aliphatic carbocycles. The molecule has 1 heterocycles. The van der Waals surface area contributed by atoms with Gasteiger partial charge in [-0.05, 0) is 43.2 Å². The molecule has 4 nitrogen and oxygen atoms in total. The number of hydrogen-bond donors (Lipinski definition) is 1. The van der Waals surface area contributed by atoms with Gasteiger partial charge in [0.05, 0.1) is 0 Å². The highest BCUT2D eigenvalue weighted by molar-refractivity contribution is 5.91. The largest absolute Gasteiger partial charge is 0.486 e. The average Bonchev–Trinajstić information content (AvgIpc) is 2.95. The Hall–Kier alpha value is -2.23. The predicted molar refractivity (Wildman–Crippen MR) is 76.9 cm³/mol. The summed E-state index contributed by atoms with van der Waals surface area (Å²) < 4.78 is 11.0. The number of benzene rings is 1. The first-order valence-corrected chi connectivity index (χ1v) is 6.81. The molecule has 0 spiro atoms. The van der Waals surface area contributed by atoms with Gasteiger partial charge < -0.3 is 14.5 Å². The highest BCUT2D eigenvalue weighted by atomic mass is 16.5. The van der Waals surface area contributed by atoms with E-state index in [9.17, 15) is 4.79 Å². The topological polar surface area (TPSA) is 51.5 Å². The van der Waals surface area contributed by atoms with Gasteiger partial charge in [0.1, 0.15) is 18.1 Å². The zero-order valence-corrected chi connectivity index (χ0v) is 11.8. The molecule has 0 bridgehead atoms. The van der Waals surface area contributed by atoms with E-state index in [4.69, 9.17) is 9.15 Å². The number of rotatable bonds is 6. The van der Waals surface area contributed by atoms with Crippen LogP contribution in [0.2, 0.25) is 0 Å². The van der Waals surface area contributed by atoms with Crippen molar-refractivity contribution < 1.29 is 13.9 Å². The van der Waals surface area contributed by atoms with Crippen molar-refractivity contribution in [3.05, 3.63) is 53.5 Å². The summed E-state index contributed by atoms with van der Waals surface area (Å²) in [5, 5.41) is 2.69. The number of furan rings is 1. The lowest BCUT2D eigenvalue weighted by Gasteiger charge is -2.05. The summed E-state index contributed by atoms with van der Waals surface area (Å²) >= 11 is 0. The summed E-state index contributed by atoms with van der Waals surface area (Å²) in [6.45, 7) is 4.87. The molecule has 2 rings (SSSR count). The van der Waals surface area contributed by atoms with E-state index in [1.54, 1.807) is 12.1 Å². The molecule has 106 valence electrons. The van der Waals surface area contributed by atoms with Crippen LogP contribution in [0.5, 0.6) is 5.75 Å². The smallest absolute Gasteiger partial charge is 0.286 e. The normalized spacial score (nSPS) is 10.3. The number of aryl methyl sites for hydroxylation is 1. The second kappa shape index (κ2) is 6.80. The van der Waals surface area contributed by atoms with Crippen LogP contribution in [0.3, 0.4) is 0 Å². The molecule has 0 saturated carbocycles. The quantitative estimate of drug-likeness (QED) is 0.879. The van der Waals surface area contributed by atoms with Gasteiger partial charge >= 0.3 is 0 Å². The highest BCUT2D eigenvalue weighted by Gasteiger charge is 2.10. The van der Waals surface area contributed by atoms with Crippen LogP contribution in [0.4, 0.5) is 0 Å². The van der Waals surface area contributed by atoms with E-state index in [0.717, 1.165) is 12.2 Å². The van der Waals surface area contributed by atoms with Crippen molar-refractivity contribution in [2.24, 2.45) is 0 Å². The minimum Gasteiger partial charge on any atom is -0.486 e. The van der Waals surface area contributed by atoms with Gasteiger partial charge in [0, 0.05) is 6.54 Å². The third-order valence-electron chi connectivity index (χ3n) is 2.94. The Balaban J connectivity index is 1.91. The van der Waals surface area contributed by atoms with Crippen molar-refractivity contribution in [2.75, 3.05) is 6.54 Å². The van der Waals surface area contributed by atoms with Gasteiger partial charge in [-0.3, -0.25) is 4.79 Å². The second-order valence-electron chi connectivity index (χ2n) is 4.41. The van der Waals surface area contributed by atoms with Crippen molar-refractivity contribution in [1.29, 1.82) is 0 Å². The number of hydrogen-bond acceptors (Lipinski definition) is 3. The van der Waals surface area contributed by atoms with Gasteiger partial charge in [-0.15, -0.1) is 0 Å². The van der Waals surface area contributed by atoms with E-state index < -0.39 is 0 Å². The average molecular weight is 273 g/mol. The van der Waals surface area contributed by atoms with Crippen LogP contribution in [0.1, 0.15) is 35.7 Å². The molecule has 1 amide bonds. The standard InChI is InChI=1S/C16H19NO3/c1-3-12-5-7-13(8-6-12)19-11-14-9-10-15(20-14)16(18)17-4-2/h5-10H,3-4,11H2,1-2H3,(H,17,18). The minimum absolute atomic E-state index is 0.203. The molecule has 20 heavy (non-hydrogen) atoms. The minimum atomic E-state index is -0.203. The molecule has 0 atom stereocenters. The summed E-state index contributed by atoms with van der Waals surface area (Å²) in [5.74, 6) is 1.53. The molecule has 0 aliphatic rings. The number of amides is 1. The second-order valence-corrected chi connectivity index (χ2v) is 4.41. The summed E-state index contributed by atoms with van der Waals surface area (Å²) in [5.41, 5.74) is 1.27. The molecule has 2 aromatic rings. The maximum absolute atomic E-state index is 11.6. The first-order valence-electron chi connectivity index (χ1n) is 6.81. The molecule has 0 fully saturated rings. The van der Waals surface area contributed by atoms with Crippen LogP contribution in [-0.2, 0) is 13.0 Å². The van der Waals surface area contributed by atoms with E-state index in [1.165, 1.54) is 5.56 Å². The molecule has 1 aromatic carbocycles. The molecule has 0 radical (unpaired) electrons.